The molecule has 0 aliphatic rings. The summed E-state index contributed by atoms with van der Waals surface area (Å²) in [6.45, 7) is 1.53. The second kappa shape index (κ2) is 8.11. The Morgan fingerprint density at radius 2 is 1.73 bits per heavy atom. The molecule has 0 saturated carbocycles. The third-order valence-corrected chi connectivity index (χ3v) is 7.02. The van der Waals surface area contributed by atoms with E-state index < -0.39 is 21.6 Å². The van der Waals surface area contributed by atoms with Gasteiger partial charge in [0.25, 0.3) is 5.56 Å². The van der Waals surface area contributed by atoms with Gasteiger partial charge in [-0.1, -0.05) is 6.92 Å². The van der Waals surface area contributed by atoms with Crippen molar-refractivity contribution in [3.8, 4) is 22.6 Å². The maximum Gasteiger partial charge on any atom is 0.416 e. The normalized spacial score (nSPS) is 12.3. The number of alkyl halides is 3. The zero-order chi connectivity index (χ0) is 24.0. The zero-order valence-electron chi connectivity index (χ0n) is 17.6. The maximum absolute atomic E-state index is 12.9. The van der Waals surface area contributed by atoms with Gasteiger partial charge in [-0.05, 0) is 48.5 Å². The van der Waals surface area contributed by atoms with Gasteiger partial charge in [0, 0.05) is 36.0 Å². The highest BCUT2D eigenvalue weighted by molar-refractivity contribution is 7.91. The lowest BCUT2D eigenvalue weighted by atomic mass is 10.0. The molecule has 2 heterocycles. The van der Waals surface area contributed by atoms with Crippen molar-refractivity contribution >= 4 is 20.7 Å². The number of aromatic nitrogens is 2. The van der Waals surface area contributed by atoms with Crippen molar-refractivity contribution in [2.45, 2.75) is 18.0 Å². The van der Waals surface area contributed by atoms with Crippen LogP contribution in [0.25, 0.3) is 22.0 Å². The Labute approximate surface area is 187 Å². The first kappa shape index (κ1) is 22.7. The number of benzene rings is 2. The number of aryl methyl sites for hydroxylation is 1. The number of H-pyrrole nitrogens is 1. The van der Waals surface area contributed by atoms with Crippen molar-refractivity contribution in [3.05, 3.63) is 76.8 Å². The van der Waals surface area contributed by atoms with Crippen molar-refractivity contribution in [1.82, 2.24) is 9.55 Å². The summed E-state index contributed by atoms with van der Waals surface area (Å²) < 4.78 is 71.1. The molecule has 0 unspecified atom stereocenters. The first-order valence-corrected chi connectivity index (χ1v) is 11.6. The molecule has 10 heteroatoms. The molecule has 0 amide bonds. The minimum atomic E-state index is -4.48. The Morgan fingerprint density at radius 3 is 2.36 bits per heavy atom. The van der Waals surface area contributed by atoms with E-state index in [9.17, 15) is 26.4 Å². The van der Waals surface area contributed by atoms with Crippen LogP contribution in [0.5, 0.6) is 11.5 Å². The Kier molecular flexibility index (Phi) is 5.57. The molecule has 0 atom stereocenters. The predicted octanol–water partition coefficient (Wildman–Crippen LogP) is 5.14. The summed E-state index contributed by atoms with van der Waals surface area (Å²) in [5.41, 5.74) is 0.197. The molecule has 172 valence electrons. The number of hydrogen-bond acceptors (Lipinski definition) is 4. The first-order chi connectivity index (χ1) is 15.5. The minimum Gasteiger partial charge on any atom is -0.457 e. The van der Waals surface area contributed by atoms with Crippen LogP contribution in [0.2, 0.25) is 0 Å². The van der Waals surface area contributed by atoms with Gasteiger partial charge in [-0.15, -0.1) is 0 Å². The highest BCUT2D eigenvalue weighted by Gasteiger charge is 2.30. The molecule has 2 aromatic carbocycles. The number of halogens is 3. The summed E-state index contributed by atoms with van der Waals surface area (Å²) in [5.74, 6) is 0.270. The molecule has 0 radical (unpaired) electrons. The van der Waals surface area contributed by atoms with Crippen molar-refractivity contribution in [2.75, 3.05) is 5.75 Å². The third kappa shape index (κ3) is 4.25. The Morgan fingerprint density at radius 1 is 1.03 bits per heavy atom. The number of fused-ring (bicyclic) bond motifs is 1. The molecule has 0 saturated heterocycles. The van der Waals surface area contributed by atoms with E-state index in [1.807, 2.05) is 0 Å². The van der Waals surface area contributed by atoms with Gasteiger partial charge < -0.3 is 14.3 Å². The van der Waals surface area contributed by atoms with E-state index in [2.05, 4.69) is 4.98 Å². The Balaban J connectivity index is 1.89. The number of sulfone groups is 1. The lowest BCUT2D eigenvalue weighted by Gasteiger charge is -2.14. The maximum atomic E-state index is 12.9. The fraction of sp³-hybridized carbons (Fsp3) is 0.174. The molecule has 0 fully saturated rings. The van der Waals surface area contributed by atoms with Crippen molar-refractivity contribution in [2.24, 2.45) is 7.05 Å². The second-order valence-electron chi connectivity index (χ2n) is 7.41. The fourth-order valence-electron chi connectivity index (χ4n) is 3.59. The number of ether oxygens (including phenoxy) is 1. The molecule has 0 aliphatic carbocycles. The van der Waals surface area contributed by atoms with E-state index in [0.717, 1.165) is 12.1 Å². The predicted molar refractivity (Wildman–Crippen MR) is 118 cm³/mol. The molecule has 33 heavy (non-hydrogen) atoms. The monoisotopic (exact) mass is 476 g/mol. The highest BCUT2D eigenvalue weighted by Crippen LogP contribution is 2.39. The van der Waals surface area contributed by atoms with Crippen LogP contribution < -0.4 is 10.3 Å². The topological polar surface area (TPSA) is 81.2 Å². The largest absolute Gasteiger partial charge is 0.457 e. The number of hydrogen-bond donors (Lipinski definition) is 1. The van der Waals surface area contributed by atoms with E-state index in [4.69, 9.17) is 4.74 Å². The summed E-state index contributed by atoms with van der Waals surface area (Å²) in [7, 11) is -1.87. The van der Waals surface area contributed by atoms with Gasteiger partial charge in [-0.25, -0.2) is 8.42 Å². The lowest BCUT2D eigenvalue weighted by Crippen LogP contribution is -2.07. The minimum absolute atomic E-state index is 0.0709. The number of nitrogens with zero attached hydrogens (tertiary/aromatic N) is 1. The summed E-state index contributed by atoms with van der Waals surface area (Å²) in [4.78, 5) is 15.0. The van der Waals surface area contributed by atoms with E-state index in [0.29, 0.717) is 22.0 Å². The number of nitrogens with one attached hydrogen (secondary N) is 1. The van der Waals surface area contributed by atoms with Gasteiger partial charge in [0.15, 0.2) is 9.84 Å². The second-order valence-corrected chi connectivity index (χ2v) is 9.69. The molecule has 4 aromatic rings. The van der Waals surface area contributed by atoms with Gasteiger partial charge in [0.2, 0.25) is 0 Å². The number of aromatic amines is 1. The quantitative estimate of drug-likeness (QED) is 0.433. The smallest absolute Gasteiger partial charge is 0.416 e. The third-order valence-electron chi connectivity index (χ3n) is 5.29. The molecule has 0 aliphatic heterocycles. The van der Waals surface area contributed by atoms with Crippen LogP contribution >= 0.6 is 0 Å². The van der Waals surface area contributed by atoms with Gasteiger partial charge in [0.1, 0.15) is 17.0 Å². The van der Waals surface area contributed by atoms with Crippen LogP contribution in [-0.2, 0) is 23.1 Å². The van der Waals surface area contributed by atoms with Gasteiger partial charge in [0.05, 0.1) is 16.2 Å². The molecule has 1 N–H and O–H groups in total. The van der Waals surface area contributed by atoms with Crippen molar-refractivity contribution in [3.63, 3.8) is 0 Å². The van der Waals surface area contributed by atoms with E-state index in [1.165, 1.54) is 43.5 Å². The molecular weight excluding hydrogens is 457 g/mol. The molecule has 0 spiro atoms. The molecule has 0 bridgehead atoms. The van der Waals surface area contributed by atoms with Crippen LogP contribution in [-0.4, -0.2) is 23.7 Å². The summed E-state index contributed by atoms with van der Waals surface area (Å²) >= 11 is 0. The van der Waals surface area contributed by atoms with Crippen LogP contribution in [0.15, 0.2) is 70.6 Å². The van der Waals surface area contributed by atoms with Gasteiger partial charge in [-0.2, -0.15) is 13.2 Å². The van der Waals surface area contributed by atoms with Crippen molar-refractivity contribution < 1.29 is 26.3 Å². The summed E-state index contributed by atoms with van der Waals surface area (Å²) in [6.07, 6.45) is -1.32. The van der Waals surface area contributed by atoms with Crippen LogP contribution in [0.4, 0.5) is 13.2 Å². The SMILES string of the molecule is CCS(=O)(=O)c1ccc(Oc2ccc(C(F)(F)F)cc2)c(-c2cn(C)c3c(=O)[nH]ccc23)c1. The Bertz CT molecular complexity index is 1500. The summed E-state index contributed by atoms with van der Waals surface area (Å²) in [5, 5.41) is 0.574. The number of pyridine rings is 1. The standard InChI is InChI=1S/C23H19F3N2O4S/c1-3-33(30,31)16-8-9-20(32-15-6-4-14(5-7-15)23(24,25)26)18(12-16)19-13-28(2)21-17(19)10-11-27-22(21)29/h4-13H,3H2,1-2H3,(H,27,29). The summed E-state index contributed by atoms with van der Waals surface area (Å²) in [6, 6.07) is 10.2. The zero-order valence-corrected chi connectivity index (χ0v) is 18.4. The Hall–Kier alpha value is -3.53. The van der Waals surface area contributed by atoms with E-state index >= 15 is 0 Å². The number of rotatable bonds is 5. The average molecular weight is 476 g/mol. The van der Waals surface area contributed by atoms with Gasteiger partial charge in [-0.3, -0.25) is 4.79 Å². The van der Waals surface area contributed by atoms with Crippen LogP contribution in [0, 0.1) is 0 Å². The highest BCUT2D eigenvalue weighted by atomic mass is 32.2. The first-order valence-electron chi connectivity index (χ1n) is 9.90. The fourth-order valence-corrected chi connectivity index (χ4v) is 4.49. The molecular formula is C23H19F3N2O4S. The lowest BCUT2D eigenvalue weighted by molar-refractivity contribution is -0.137. The van der Waals surface area contributed by atoms with Gasteiger partial charge >= 0.3 is 6.18 Å². The van der Waals surface area contributed by atoms with Crippen LogP contribution in [0.1, 0.15) is 12.5 Å². The van der Waals surface area contributed by atoms with E-state index in [-0.39, 0.29) is 27.7 Å². The molecule has 6 nitrogen and oxygen atoms in total. The van der Waals surface area contributed by atoms with E-state index in [1.54, 1.807) is 23.9 Å². The van der Waals surface area contributed by atoms with Crippen molar-refractivity contribution in [1.29, 1.82) is 0 Å². The average Bonchev–Trinajstić information content (AvgIpc) is 3.11. The van der Waals surface area contributed by atoms with Crippen LogP contribution in [0.3, 0.4) is 0 Å². The molecule has 4 rings (SSSR count). The molecule has 2 aromatic heterocycles.